The molecule has 1 atom stereocenters. The van der Waals surface area contributed by atoms with Gasteiger partial charge in [-0.05, 0) is 18.4 Å². The Morgan fingerprint density at radius 2 is 2.07 bits per heavy atom. The maximum atomic E-state index is 13.3. The third-order valence-corrected chi connectivity index (χ3v) is 3.12. The minimum absolute atomic E-state index is 0.0851. The van der Waals surface area contributed by atoms with Gasteiger partial charge in [0.2, 0.25) is 0 Å². The second-order valence-corrected chi connectivity index (χ2v) is 4.19. The maximum absolute atomic E-state index is 13.3. The first kappa shape index (κ1) is 10.6. The van der Waals surface area contributed by atoms with E-state index in [-0.39, 0.29) is 5.56 Å². The molecule has 1 saturated carbocycles. The Morgan fingerprint density at radius 3 is 2.67 bits per heavy atom. The summed E-state index contributed by atoms with van der Waals surface area (Å²) in [6, 6.07) is 3.94. The topological polar surface area (TPSA) is 20.2 Å². The van der Waals surface area contributed by atoms with E-state index in [9.17, 15) is 13.9 Å². The smallest absolute Gasteiger partial charge is 0.164 e. The molecular weight excluding hydrogens is 198 g/mol. The van der Waals surface area contributed by atoms with E-state index >= 15 is 0 Å². The van der Waals surface area contributed by atoms with Crippen LogP contribution in [0, 0.1) is 17.6 Å². The van der Waals surface area contributed by atoms with E-state index in [4.69, 9.17) is 0 Å². The molecule has 0 bridgehead atoms. The molecule has 15 heavy (non-hydrogen) atoms. The summed E-state index contributed by atoms with van der Waals surface area (Å²) in [4.78, 5) is 0. The van der Waals surface area contributed by atoms with E-state index in [0.717, 1.165) is 18.9 Å². The summed E-state index contributed by atoms with van der Waals surface area (Å²) in [5.41, 5.74) is 0.0851. The van der Waals surface area contributed by atoms with Crippen molar-refractivity contribution in [1.29, 1.82) is 0 Å². The number of rotatable bonds is 3. The highest BCUT2D eigenvalue weighted by atomic mass is 19.2. The highest BCUT2D eigenvalue weighted by molar-refractivity contribution is 5.21. The predicted molar refractivity (Wildman–Crippen MR) is 53.3 cm³/mol. The Bertz CT molecular complexity index is 347. The number of hydrogen-bond acceptors (Lipinski definition) is 1. The van der Waals surface area contributed by atoms with Crippen molar-refractivity contribution in [2.75, 3.05) is 0 Å². The molecule has 0 aromatic heterocycles. The van der Waals surface area contributed by atoms with Gasteiger partial charge in [0.05, 0.1) is 6.10 Å². The second kappa shape index (κ2) is 4.27. The van der Waals surface area contributed by atoms with Gasteiger partial charge < -0.3 is 5.11 Å². The van der Waals surface area contributed by atoms with Gasteiger partial charge in [0.1, 0.15) is 0 Å². The van der Waals surface area contributed by atoms with E-state index in [1.165, 1.54) is 18.6 Å². The molecule has 0 heterocycles. The molecule has 3 heteroatoms. The van der Waals surface area contributed by atoms with Crippen molar-refractivity contribution < 1.29 is 13.9 Å². The Kier molecular flexibility index (Phi) is 3.00. The van der Waals surface area contributed by atoms with Crippen LogP contribution in [0.15, 0.2) is 18.2 Å². The third kappa shape index (κ3) is 2.17. The molecule has 1 N–H and O–H groups in total. The molecule has 1 nitrogen and oxygen atoms in total. The summed E-state index contributed by atoms with van der Waals surface area (Å²) < 4.78 is 26.2. The number of halogens is 2. The van der Waals surface area contributed by atoms with Crippen molar-refractivity contribution in [2.45, 2.75) is 31.8 Å². The quantitative estimate of drug-likeness (QED) is 0.815. The Morgan fingerprint density at radius 1 is 1.33 bits per heavy atom. The highest BCUT2D eigenvalue weighted by Crippen LogP contribution is 2.35. The lowest BCUT2D eigenvalue weighted by Crippen LogP contribution is -2.15. The van der Waals surface area contributed by atoms with Crippen LogP contribution < -0.4 is 0 Å². The van der Waals surface area contributed by atoms with Gasteiger partial charge in [-0.15, -0.1) is 0 Å². The minimum Gasteiger partial charge on any atom is -0.388 e. The summed E-state index contributed by atoms with van der Waals surface area (Å²) in [6.45, 7) is 0. The molecular formula is C12H14F2O. The molecule has 0 aliphatic heterocycles. The van der Waals surface area contributed by atoms with E-state index in [0.29, 0.717) is 12.3 Å². The molecule has 1 fully saturated rings. The van der Waals surface area contributed by atoms with Crippen LogP contribution in [-0.4, -0.2) is 5.11 Å². The molecule has 0 saturated heterocycles. The van der Waals surface area contributed by atoms with Gasteiger partial charge in [0.25, 0.3) is 0 Å². The summed E-state index contributed by atoms with van der Waals surface area (Å²) >= 11 is 0. The number of hydrogen-bond donors (Lipinski definition) is 1. The summed E-state index contributed by atoms with van der Waals surface area (Å²) in [7, 11) is 0. The van der Waals surface area contributed by atoms with E-state index in [1.807, 2.05) is 0 Å². The van der Waals surface area contributed by atoms with E-state index in [2.05, 4.69) is 0 Å². The standard InChI is InChI=1S/C12H14F2O/c13-10-6-2-5-9(12(10)14)11(15)7-8-3-1-4-8/h2,5-6,8,11,15H,1,3-4,7H2. The second-order valence-electron chi connectivity index (χ2n) is 4.19. The van der Waals surface area contributed by atoms with Gasteiger partial charge in [-0.2, -0.15) is 0 Å². The lowest BCUT2D eigenvalue weighted by Gasteiger charge is -2.27. The number of aliphatic hydroxyl groups is 1. The van der Waals surface area contributed by atoms with Crippen LogP contribution in [-0.2, 0) is 0 Å². The lowest BCUT2D eigenvalue weighted by atomic mass is 9.80. The van der Waals surface area contributed by atoms with Crippen molar-refractivity contribution in [3.05, 3.63) is 35.4 Å². The Hall–Kier alpha value is -0.960. The fourth-order valence-corrected chi connectivity index (χ4v) is 1.95. The number of benzene rings is 1. The molecule has 82 valence electrons. The van der Waals surface area contributed by atoms with Crippen molar-refractivity contribution >= 4 is 0 Å². The third-order valence-electron chi connectivity index (χ3n) is 3.12. The van der Waals surface area contributed by atoms with Crippen LogP contribution in [0.2, 0.25) is 0 Å². The van der Waals surface area contributed by atoms with Gasteiger partial charge in [0, 0.05) is 5.56 Å². The van der Waals surface area contributed by atoms with Gasteiger partial charge in [0.15, 0.2) is 11.6 Å². The average Bonchev–Trinajstić information content (AvgIpc) is 2.15. The Balaban J connectivity index is 2.09. The van der Waals surface area contributed by atoms with Gasteiger partial charge in [-0.1, -0.05) is 31.4 Å². The normalized spacial score (nSPS) is 18.6. The van der Waals surface area contributed by atoms with E-state index < -0.39 is 17.7 Å². The minimum atomic E-state index is -0.913. The van der Waals surface area contributed by atoms with Crippen LogP contribution in [0.1, 0.15) is 37.4 Å². The lowest BCUT2D eigenvalue weighted by molar-refractivity contribution is 0.114. The monoisotopic (exact) mass is 212 g/mol. The van der Waals surface area contributed by atoms with Crippen molar-refractivity contribution in [3.8, 4) is 0 Å². The van der Waals surface area contributed by atoms with Crippen molar-refractivity contribution in [3.63, 3.8) is 0 Å². The maximum Gasteiger partial charge on any atom is 0.164 e. The van der Waals surface area contributed by atoms with Gasteiger partial charge in [-0.3, -0.25) is 0 Å². The molecule has 0 radical (unpaired) electrons. The van der Waals surface area contributed by atoms with Crippen LogP contribution in [0.25, 0.3) is 0 Å². The van der Waals surface area contributed by atoms with Crippen molar-refractivity contribution in [2.24, 2.45) is 5.92 Å². The first-order valence-electron chi connectivity index (χ1n) is 5.30. The van der Waals surface area contributed by atoms with Crippen LogP contribution in [0.5, 0.6) is 0 Å². The molecule has 0 spiro atoms. The summed E-state index contributed by atoms with van der Waals surface area (Å²) in [5.74, 6) is -1.33. The van der Waals surface area contributed by atoms with Crippen LogP contribution in [0.4, 0.5) is 8.78 Å². The zero-order valence-corrected chi connectivity index (χ0v) is 8.42. The molecule has 2 rings (SSSR count). The van der Waals surface area contributed by atoms with Crippen LogP contribution in [0.3, 0.4) is 0 Å². The fraction of sp³-hybridized carbons (Fsp3) is 0.500. The largest absolute Gasteiger partial charge is 0.388 e. The Labute approximate surface area is 87.7 Å². The fourth-order valence-electron chi connectivity index (χ4n) is 1.95. The number of aliphatic hydroxyl groups excluding tert-OH is 1. The average molecular weight is 212 g/mol. The molecule has 1 aliphatic rings. The molecule has 1 aliphatic carbocycles. The molecule has 0 amide bonds. The van der Waals surface area contributed by atoms with Gasteiger partial charge in [-0.25, -0.2) is 8.78 Å². The molecule has 1 aromatic rings. The van der Waals surface area contributed by atoms with Crippen molar-refractivity contribution in [1.82, 2.24) is 0 Å². The van der Waals surface area contributed by atoms with Gasteiger partial charge >= 0.3 is 0 Å². The van der Waals surface area contributed by atoms with Crippen LogP contribution >= 0.6 is 0 Å². The predicted octanol–water partition coefficient (Wildman–Crippen LogP) is 3.19. The summed E-state index contributed by atoms with van der Waals surface area (Å²) in [6.07, 6.45) is 3.04. The molecule has 1 aromatic carbocycles. The highest BCUT2D eigenvalue weighted by Gasteiger charge is 2.24. The molecule has 1 unspecified atom stereocenters. The first-order valence-corrected chi connectivity index (χ1v) is 5.30. The zero-order chi connectivity index (χ0) is 10.8. The SMILES string of the molecule is OC(CC1CCC1)c1cccc(F)c1F. The summed E-state index contributed by atoms with van der Waals surface area (Å²) in [5, 5.41) is 9.75. The first-order chi connectivity index (χ1) is 7.18. The van der Waals surface area contributed by atoms with E-state index in [1.54, 1.807) is 0 Å². The zero-order valence-electron chi connectivity index (χ0n) is 8.42.